The van der Waals surface area contributed by atoms with Crippen molar-refractivity contribution in [2.75, 3.05) is 0 Å². The Hall–Kier alpha value is -0.523. The zero-order valence-electron chi connectivity index (χ0n) is 5.11. The van der Waals surface area contributed by atoms with Gasteiger partial charge in [-0.05, 0) is 6.42 Å². The summed E-state index contributed by atoms with van der Waals surface area (Å²) in [6, 6.07) is -0.876. The number of hydrogen-bond donors (Lipinski definition) is 1. The molecule has 0 amide bonds. The Kier molecular flexibility index (Phi) is 3.41. The highest BCUT2D eigenvalue weighted by Gasteiger charge is 2.35. The molecule has 0 radical (unpaired) electrons. The van der Waals surface area contributed by atoms with Crippen molar-refractivity contribution in [2.24, 2.45) is 0 Å². The molecule has 10 heavy (non-hydrogen) atoms. The maximum atomic E-state index is 11.5. The lowest BCUT2D eigenvalue weighted by molar-refractivity contribution is -0.137. The molecule has 0 spiro atoms. The molecule has 0 aromatic heterocycles. The molecule has 0 aliphatic heterocycles. The molecule has 0 heterocycles. The average Bonchev–Trinajstić information content (AvgIpc) is 1.59. The van der Waals surface area contributed by atoms with Gasteiger partial charge >= 0.3 is 15.0 Å². The average molecular weight is 172 g/mol. The molecule has 0 saturated heterocycles. The number of carboxylic acids is 1. The minimum Gasteiger partial charge on any atom is -0.481 e. The minimum atomic E-state index is -5.49. The van der Waals surface area contributed by atoms with Crippen molar-refractivity contribution in [3.05, 3.63) is 0 Å². The van der Waals surface area contributed by atoms with Gasteiger partial charge in [-0.15, -0.1) is 0 Å². The fraction of sp³-hybridized carbons (Fsp3) is 0.750. The summed E-state index contributed by atoms with van der Waals surface area (Å²) in [4.78, 5) is 9.73. The molecular formula is C4H7F3O2Si. The van der Waals surface area contributed by atoms with Crippen LogP contribution in [0.15, 0.2) is 0 Å². The molecule has 60 valence electrons. The molecule has 2 nitrogen and oxygen atoms in total. The first-order valence-corrected chi connectivity index (χ1v) is 4.54. The third-order valence-corrected chi connectivity index (χ3v) is 1.77. The number of halogens is 3. The summed E-state index contributed by atoms with van der Waals surface area (Å²) >= 11 is 0. The molecule has 0 fully saturated rings. The molecule has 0 aliphatic carbocycles. The quantitative estimate of drug-likeness (QED) is 0.517. The van der Waals surface area contributed by atoms with E-state index in [2.05, 4.69) is 0 Å². The van der Waals surface area contributed by atoms with Crippen LogP contribution >= 0.6 is 0 Å². The highest BCUT2D eigenvalue weighted by molar-refractivity contribution is 6.58. The molecule has 0 unspecified atom stereocenters. The van der Waals surface area contributed by atoms with Crippen LogP contribution in [0.5, 0.6) is 0 Å². The summed E-state index contributed by atoms with van der Waals surface area (Å²) in [5.74, 6) is -1.17. The van der Waals surface area contributed by atoms with Gasteiger partial charge in [0.1, 0.15) is 0 Å². The van der Waals surface area contributed by atoms with Crippen LogP contribution in [0.4, 0.5) is 12.3 Å². The first kappa shape index (κ1) is 9.48. The monoisotopic (exact) mass is 172 g/mol. The van der Waals surface area contributed by atoms with Crippen molar-refractivity contribution in [1.82, 2.24) is 0 Å². The van der Waals surface area contributed by atoms with Crippen molar-refractivity contribution in [3.8, 4) is 0 Å². The van der Waals surface area contributed by atoms with Gasteiger partial charge in [0.05, 0.1) is 0 Å². The maximum Gasteiger partial charge on any atom is 0.616 e. The molecule has 0 atom stereocenters. The lowest BCUT2D eigenvalue weighted by Crippen LogP contribution is -2.14. The highest BCUT2D eigenvalue weighted by Crippen LogP contribution is 2.17. The van der Waals surface area contributed by atoms with E-state index in [4.69, 9.17) is 5.11 Å². The zero-order chi connectivity index (χ0) is 8.20. The molecule has 6 heteroatoms. The standard InChI is InChI=1S/C4H7F3O2Si/c5-10(6,7)3-1-2-4(8)9/h1-3H2,(H,8,9). The lowest BCUT2D eigenvalue weighted by Gasteiger charge is -1.98. The first-order valence-electron chi connectivity index (χ1n) is 2.70. The summed E-state index contributed by atoms with van der Waals surface area (Å²) in [5.41, 5.74) is 0. The summed E-state index contributed by atoms with van der Waals surface area (Å²) in [7, 11) is -5.49. The number of rotatable bonds is 4. The van der Waals surface area contributed by atoms with Gasteiger partial charge in [-0.3, -0.25) is 4.79 Å². The Balaban J connectivity index is 3.29. The van der Waals surface area contributed by atoms with E-state index in [1.54, 1.807) is 0 Å². The fourth-order valence-corrected chi connectivity index (χ4v) is 1.02. The smallest absolute Gasteiger partial charge is 0.481 e. The minimum absolute atomic E-state index is 0.273. The van der Waals surface area contributed by atoms with Gasteiger partial charge in [0.15, 0.2) is 0 Å². The van der Waals surface area contributed by atoms with Crippen LogP contribution in [0.3, 0.4) is 0 Å². The Morgan fingerprint density at radius 1 is 1.40 bits per heavy atom. The molecule has 1 N–H and O–H groups in total. The van der Waals surface area contributed by atoms with Gasteiger partial charge in [0.25, 0.3) is 0 Å². The van der Waals surface area contributed by atoms with Crippen molar-refractivity contribution < 1.29 is 22.2 Å². The molecule has 0 aliphatic rings. The Bertz CT molecular complexity index is 122. The number of carboxylic acid groups (broad SMARTS) is 1. The van der Waals surface area contributed by atoms with E-state index in [-0.39, 0.29) is 12.8 Å². The Morgan fingerprint density at radius 2 is 1.90 bits per heavy atom. The largest absolute Gasteiger partial charge is 0.616 e. The second-order valence-electron chi connectivity index (χ2n) is 1.86. The second kappa shape index (κ2) is 3.60. The van der Waals surface area contributed by atoms with E-state index < -0.39 is 21.1 Å². The van der Waals surface area contributed by atoms with Crippen molar-refractivity contribution in [1.29, 1.82) is 0 Å². The van der Waals surface area contributed by atoms with Crippen molar-refractivity contribution >= 4 is 15.0 Å². The fourth-order valence-electron chi connectivity index (χ4n) is 0.440. The number of carbonyl (C=O) groups is 1. The summed E-state index contributed by atoms with van der Waals surface area (Å²) in [5, 5.41) is 7.96. The first-order chi connectivity index (χ1) is 4.42. The predicted octanol–water partition coefficient (Wildman–Crippen LogP) is 1.70. The van der Waals surface area contributed by atoms with Crippen LogP contribution < -0.4 is 0 Å². The second-order valence-corrected chi connectivity index (χ2v) is 3.59. The van der Waals surface area contributed by atoms with E-state index in [1.165, 1.54) is 0 Å². The van der Waals surface area contributed by atoms with Crippen molar-refractivity contribution in [3.63, 3.8) is 0 Å². The van der Waals surface area contributed by atoms with Gasteiger partial charge in [0, 0.05) is 12.5 Å². The van der Waals surface area contributed by atoms with E-state index in [9.17, 15) is 17.1 Å². The molecule has 0 aromatic carbocycles. The Morgan fingerprint density at radius 3 is 2.20 bits per heavy atom. The van der Waals surface area contributed by atoms with Gasteiger partial charge in [-0.25, -0.2) is 12.3 Å². The maximum absolute atomic E-state index is 11.5. The molecule has 0 aromatic rings. The normalized spacial score (nSPS) is 11.5. The van der Waals surface area contributed by atoms with Gasteiger partial charge in [-0.1, -0.05) is 0 Å². The van der Waals surface area contributed by atoms with Gasteiger partial charge in [-0.2, -0.15) is 0 Å². The van der Waals surface area contributed by atoms with E-state index in [0.29, 0.717) is 0 Å². The van der Waals surface area contributed by atoms with Gasteiger partial charge < -0.3 is 5.11 Å². The van der Waals surface area contributed by atoms with Crippen LogP contribution in [0.2, 0.25) is 6.04 Å². The van der Waals surface area contributed by atoms with Crippen molar-refractivity contribution in [2.45, 2.75) is 18.9 Å². The topological polar surface area (TPSA) is 37.3 Å². The third kappa shape index (κ3) is 7.48. The van der Waals surface area contributed by atoms with E-state index in [0.717, 1.165) is 0 Å². The van der Waals surface area contributed by atoms with Crippen LogP contribution in [-0.4, -0.2) is 20.2 Å². The van der Waals surface area contributed by atoms with Crippen LogP contribution in [0, 0.1) is 0 Å². The zero-order valence-corrected chi connectivity index (χ0v) is 6.11. The van der Waals surface area contributed by atoms with Crippen LogP contribution in [-0.2, 0) is 4.79 Å². The summed E-state index contributed by atoms with van der Waals surface area (Å²) in [6.07, 6.45) is -0.655. The van der Waals surface area contributed by atoms with E-state index >= 15 is 0 Å². The molecular weight excluding hydrogens is 165 g/mol. The molecule has 0 rings (SSSR count). The van der Waals surface area contributed by atoms with E-state index in [1.807, 2.05) is 0 Å². The SMILES string of the molecule is O=C(O)CCC[Si](F)(F)F. The Labute approximate surface area is 57.2 Å². The van der Waals surface area contributed by atoms with Crippen LogP contribution in [0.25, 0.3) is 0 Å². The highest BCUT2D eigenvalue weighted by atomic mass is 28.5. The summed E-state index contributed by atoms with van der Waals surface area (Å²) < 4.78 is 34.4. The van der Waals surface area contributed by atoms with Crippen LogP contribution in [0.1, 0.15) is 12.8 Å². The number of hydrogen-bond acceptors (Lipinski definition) is 1. The number of aliphatic carboxylic acids is 1. The van der Waals surface area contributed by atoms with Gasteiger partial charge in [0.2, 0.25) is 0 Å². The summed E-state index contributed by atoms with van der Waals surface area (Å²) in [6.45, 7) is 0. The lowest BCUT2D eigenvalue weighted by atomic mass is 10.3. The predicted molar refractivity (Wildman–Crippen MR) is 30.8 cm³/mol. The molecule has 0 bridgehead atoms. The molecule has 0 saturated carbocycles. The third-order valence-electron chi connectivity index (χ3n) is 0.851.